The fourth-order valence-electron chi connectivity index (χ4n) is 2.76. The van der Waals surface area contributed by atoms with Gasteiger partial charge in [0.05, 0.1) is 13.0 Å². The summed E-state index contributed by atoms with van der Waals surface area (Å²) in [6.07, 6.45) is 6.65. The van der Waals surface area contributed by atoms with E-state index in [4.69, 9.17) is 4.74 Å². The molecule has 1 unspecified atom stereocenters. The number of esters is 1. The van der Waals surface area contributed by atoms with Crippen molar-refractivity contribution in [3.05, 3.63) is 34.9 Å². The molecule has 1 aromatic rings. The average Bonchev–Trinajstić information content (AvgIpc) is 2.43. The van der Waals surface area contributed by atoms with E-state index in [1.165, 1.54) is 49.5 Å². The van der Waals surface area contributed by atoms with Crippen molar-refractivity contribution in [1.29, 1.82) is 0 Å². The molecule has 0 radical (unpaired) electrons. The Hall–Kier alpha value is -1.31. The van der Waals surface area contributed by atoms with Gasteiger partial charge in [0.25, 0.3) is 0 Å². The Morgan fingerprint density at radius 1 is 1.28 bits per heavy atom. The third kappa shape index (κ3) is 2.92. The number of aryl methyl sites for hydroxylation is 2. The van der Waals surface area contributed by atoms with E-state index in [9.17, 15) is 4.79 Å². The van der Waals surface area contributed by atoms with Crippen molar-refractivity contribution in [1.82, 2.24) is 0 Å². The van der Waals surface area contributed by atoms with Crippen LogP contribution in [0.2, 0.25) is 0 Å². The topological polar surface area (TPSA) is 26.3 Å². The Bertz CT molecular complexity index is 423. The van der Waals surface area contributed by atoms with E-state index in [2.05, 4.69) is 18.2 Å². The second kappa shape index (κ2) is 6.03. The Morgan fingerprint density at radius 2 is 2.00 bits per heavy atom. The summed E-state index contributed by atoms with van der Waals surface area (Å²) in [6.45, 7) is 2.04. The van der Waals surface area contributed by atoms with E-state index in [1.807, 2.05) is 6.92 Å². The summed E-state index contributed by atoms with van der Waals surface area (Å²) in [5.41, 5.74) is 4.25. The molecule has 1 aromatic carbocycles. The SMILES string of the molecule is CCC(Cc1ccc2c(c1)CCCC2)C(=O)OC. The summed E-state index contributed by atoms with van der Waals surface area (Å²) in [7, 11) is 1.47. The van der Waals surface area contributed by atoms with Crippen LogP contribution in [0, 0.1) is 5.92 Å². The van der Waals surface area contributed by atoms with Crippen molar-refractivity contribution < 1.29 is 9.53 Å². The summed E-state index contributed by atoms with van der Waals surface area (Å²) in [6, 6.07) is 6.71. The van der Waals surface area contributed by atoms with Crippen molar-refractivity contribution in [3.63, 3.8) is 0 Å². The molecule has 2 heteroatoms. The smallest absolute Gasteiger partial charge is 0.308 e. The van der Waals surface area contributed by atoms with Crippen molar-refractivity contribution >= 4 is 5.97 Å². The van der Waals surface area contributed by atoms with Gasteiger partial charge in [-0.3, -0.25) is 4.79 Å². The molecule has 1 aliphatic rings. The van der Waals surface area contributed by atoms with Crippen LogP contribution in [0.1, 0.15) is 42.9 Å². The van der Waals surface area contributed by atoms with Crippen molar-refractivity contribution in [3.8, 4) is 0 Å². The maximum Gasteiger partial charge on any atom is 0.308 e. The summed E-state index contributed by atoms with van der Waals surface area (Å²) < 4.78 is 4.85. The van der Waals surface area contributed by atoms with E-state index < -0.39 is 0 Å². The molecule has 0 N–H and O–H groups in total. The maximum atomic E-state index is 11.6. The first-order chi connectivity index (χ1) is 8.74. The summed E-state index contributed by atoms with van der Waals surface area (Å²) in [4.78, 5) is 11.6. The standard InChI is InChI=1S/C16H22O2/c1-3-13(16(17)18-2)10-12-8-9-14-6-4-5-7-15(14)11-12/h8-9,11,13H,3-7,10H2,1-2H3. The van der Waals surface area contributed by atoms with E-state index >= 15 is 0 Å². The molecule has 0 amide bonds. The van der Waals surface area contributed by atoms with Gasteiger partial charge in [-0.25, -0.2) is 0 Å². The lowest BCUT2D eigenvalue weighted by Crippen LogP contribution is -2.18. The van der Waals surface area contributed by atoms with E-state index in [0.717, 1.165) is 12.8 Å². The average molecular weight is 246 g/mol. The molecule has 0 aromatic heterocycles. The number of ether oxygens (including phenoxy) is 1. The van der Waals surface area contributed by atoms with Gasteiger partial charge < -0.3 is 4.74 Å². The normalized spacial score (nSPS) is 15.9. The number of hydrogen-bond acceptors (Lipinski definition) is 2. The molecule has 0 bridgehead atoms. The maximum absolute atomic E-state index is 11.6. The second-order valence-electron chi connectivity index (χ2n) is 5.14. The molecular weight excluding hydrogens is 224 g/mol. The summed E-state index contributed by atoms with van der Waals surface area (Å²) in [5, 5.41) is 0. The molecule has 2 nitrogen and oxygen atoms in total. The lowest BCUT2D eigenvalue weighted by molar-refractivity contribution is -0.145. The fourth-order valence-corrected chi connectivity index (χ4v) is 2.76. The minimum atomic E-state index is -0.0878. The molecule has 0 saturated heterocycles. The van der Waals surface area contributed by atoms with Crippen LogP contribution in [0.5, 0.6) is 0 Å². The molecule has 0 heterocycles. The third-order valence-corrected chi connectivity index (χ3v) is 3.92. The van der Waals surface area contributed by atoms with Crippen LogP contribution < -0.4 is 0 Å². The Kier molecular flexibility index (Phi) is 4.40. The van der Waals surface area contributed by atoms with Crippen LogP contribution in [-0.4, -0.2) is 13.1 Å². The van der Waals surface area contributed by atoms with Gasteiger partial charge in [0.15, 0.2) is 0 Å². The van der Waals surface area contributed by atoms with E-state index in [0.29, 0.717) is 0 Å². The molecule has 0 spiro atoms. The Morgan fingerprint density at radius 3 is 2.67 bits per heavy atom. The number of fused-ring (bicyclic) bond motifs is 1. The van der Waals surface area contributed by atoms with Crippen LogP contribution in [0.3, 0.4) is 0 Å². The Balaban J connectivity index is 2.11. The van der Waals surface area contributed by atoms with Crippen LogP contribution >= 0.6 is 0 Å². The third-order valence-electron chi connectivity index (χ3n) is 3.92. The van der Waals surface area contributed by atoms with Gasteiger partial charge in [-0.2, -0.15) is 0 Å². The zero-order valence-corrected chi connectivity index (χ0v) is 11.4. The van der Waals surface area contributed by atoms with Crippen LogP contribution in [-0.2, 0) is 28.8 Å². The van der Waals surface area contributed by atoms with Gasteiger partial charge in [0.1, 0.15) is 0 Å². The zero-order chi connectivity index (χ0) is 13.0. The first-order valence-electron chi connectivity index (χ1n) is 6.93. The molecule has 0 saturated carbocycles. The molecule has 2 rings (SSSR count). The highest BCUT2D eigenvalue weighted by molar-refractivity contribution is 5.72. The van der Waals surface area contributed by atoms with Crippen molar-refractivity contribution in [2.45, 2.75) is 45.4 Å². The number of hydrogen-bond donors (Lipinski definition) is 0. The number of carbonyl (C=O) groups excluding carboxylic acids is 1. The highest BCUT2D eigenvalue weighted by Gasteiger charge is 2.18. The lowest BCUT2D eigenvalue weighted by atomic mass is 9.88. The fraction of sp³-hybridized carbons (Fsp3) is 0.562. The van der Waals surface area contributed by atoms with Gasteiger partial charge in [-0.15, -0.1) is 0 Å². The Labute approximate surface area is 109 Å². The van der Waals surface area contributed by atoms with Crippen molar-refractivity contribution in [2.75, 3.05) is 7.11 Å². The minimum absolute atomic E-state index is 0.00311. The minimum Gasteiger partial charge on any atom is -0.469 e. The predicted molar refractivity (Wildman–Crippen MR) is 72.6 cm³/mol. The quantitative estimate of drug-likeness (QED) is 0.762. The van der Waals surface area contributed by atoms with Crippen LogP contribution in [0.25, 0.3) is 0 Å². The second-order valence-corrected chi connectivity index (χ2v) is 5.14. The van der Waals surface area contributed by atoms with Crippen LogP contribution in [0.4, 0.5) is 0 Å². The molecule has 18 heavy (non-hydrogen) atoms. The summed E-state index contributed by atoms with van der Waals surface area (Å²) >= 11 is 0. The molecular formula is C16H22O2. The van der Waals surface area contributed by atoms with Gasteiger partial charge >= 0.3 is 5.97 Å². The highest BCUT2D eigenvalue weighted by atomic mass is 16.5. The van der Waals surface area contributed by atoms with E-state index in [-0.39, 0.29) is 11.9 Å². The first-order valence-corrected chi connectivity index (χ1v) is 6.93. The van der Waals surface area contributed by atoms with Crippen molar-refractivity contribution in [2.24, 2.45) is 5.92 Å². The largest absolute Gasteiger partial charge is 0.469 e. The number of carbonyl (C=O) groups is 1. The molecule has 0 aliphatic heterocycles. The van der Waals surface area contributed by atoms with E-state index in [1.54, 1.807) is 0 Å². The predicted octanol–water partition coefficient (Wildman–Crippen LogP) is 3.31. The molecule has 1 atom stereocenters. The summed E-state index contributed by atoms with van der Waals surface area (Å²) in [5.74, 6) is -0.0909. The van der Waals surface area contributed by atoms with Gasteiger partial charge in [-0.05, 0) is 55.2 Å². The molecule has 98 valence electrons. The number of rotatable bonds is 4. The van der Waals surface area contributed by atoms with Gasteiger partial charge in [-0.1, -0.05) is 25.1 Å². The molecule has 0 fully saturated rings. The van der Waals surface area contributed by atoms with Gasteiger partial charge in [0, 0.05) is 0 Å². The monoisotopic (exact) mass is 246 g/mol. The van der Waals surface area contributed by atoms with Crippen LogP contribution in [0.15, 0.2) is 18.2 Å². The highest BCUT2D eigenvalue weighted by Crippen LogP contribution is 2.24. The lowest BCUT2D eigenvalue weighted by Gasteiger charge is -2.18. The van der Waals surface area contributed by atoms with Gasteiger partial charge in [0.2, 0.25) is 0 Å². The zero-order valence-electron chi connectivity index (χ0n) is 11.4. The first kappa shape index (κ1) is 13.1. The molecule has 1 aliphatic carbocycles. The number of methoxy groups -OCH3 is 1. The number of benzene rings is 1.